The van der Waals surface area contributed by atoms with Gasteiger partial charge in [0.15, 0.2) is 0 Å². The first-order valence-corrected chi connectivity index (χ1v) is 10.2. The van der Waals surface area contributed by atoms with Gasteiger partial charge < -0.3 is 4.57 Å². The van der Waals surface area contributed by atoms with Crippen molar-refractivity contribution in [2.24, 2.45) is 10.2 Å². The molecule has 0 radical (unpaired) electrons. The van der Waals surface area contributed by atoms with Crippen molar-refractivity contribution in [3.8, 4) is 11.3 Å². The molecule has 0 aliphatic carbocycles. The van der Waals surface area contributed by atoms with E-state index in [0.717, 1.165) is 40.6 Å². The molecule has 27 heavy (non-hydrogen) atoms. The van der Waals surface area contributed by atoms with Gasteiger partial charge in [0.05, 0.1) is 22.9 Å². The maximum atomic E-state index is 4.77. The first kappa shape index (κ1) is 17.6. The Balaban J connectivity index is 1.95. The Morgan fingerprint density at radius 3 is 2.44 bits per heavy atom. The molecule has 4 aromatic rings. The molecule has 0 bridgehead atoms. The topological polar surface area (TPSA) is 33.5 Å². The number of fused-ring (bicyclic) bond motifs is 1. The second kappa shape index (κ2) is 7.45. The molecule has 2 heterocycles. The highest BCUT2D eigenvalue weighted by atomic mass is 32.1. The summed E-state index contributed by atoms with van der Waals surface area (Å²) in [6, 6.07) is 18.9. The van der Waals surface area contributed by atoms with E-state index >= 15 is 0 Å². The van der Waals surface area contributed by atoms with E-state index < -0.39 is 0 Å². The SMILES string of the molecule is CCn1c(-c2ccccc2)c(N=Nc2scc(C)[n+]2CC)c2ccccc21. The molecule has 0 aliphatic heterocycles. The summed E-state index contributed by atoms with van der Waals surface area (Å²) in [5.41, 5.74) is 5.64. The average Bonchev–Trinajstić information content (AvgIpc) is 3.23. The van der Waals surface area contributed by atoms with E-state index in [1.807, 2.05) is 6.07 Å². The van der Waals surface area contributed by atoms with Gasteiger partial charge in [-0.25, -0.2) is 4.57 Å². The molecular formula is C22H23N4S+. The molecule has 4 nitrogen and oxygen atoms in total. The first-order chi connectivity index (χ1) is 13.2. The normalized spacial score (nSPS) is 11.7. The van der Waals surface area contributed by atoms with Crippen LogP contribution in [0.25, 0.3) is 22.2 Å². The minimum atomic E-state index is 0.882. The second-order valence-corrected chi connectivity index (χ2v) is 7.27. The van der Waals surface area contributed by atoms with Gasteiger partial charge >= 0.3 is 5.13 Å². The van der Waals surface area contributed by atoms with Gasteiger partial charge in [-0.05, 0) is 43.3 Å². The molecule has 0 aliphatic rings. The molecule has 0 spiro atoms. The van der Waals surface area contributed by atoms with Crippen LogP contribution in [0.4, 0.5) is 10.8 Å². The lowest BCUT2D eigenvalue weighted by Crippen LogP contribution is -2.32. The third-order valence-electron chi connectivity index (χ3n) is 4.85. The highest BCUT2D eigenvalue weighted by Crippen LogP contribution is 2.41. The van der Waals surface area contributed by atoms with Crippen LogP contribution in [-0.4, -0.2) is 4.57 Å². The number of thiazole rings is 1. The number of para-hydroxylation sites is 1. The number of rotatable bonds is 5. The van der Waals surface area contributed by atoms with Gasteiger partial charge in [-0.15, -0.1) is 0 Å². The quantitative estimate of drug-likeness (QED) is 0.285. The molecule has 2 aromatic carbocycles. The van der Waals surface area contributed by atoms with Crippen molar-refractivity contribution < 1.29 is 4.57 Å². The maximum Gasteiger partial charge on any atom is 0.408 e. The monoisotopic (exact) mass is 375 g/mol. The Morgan fingerprint density at radius 1 is 0.963 bits per heavy atom. The third-order valence-corrected chi connectivity index (χ3v) is 5.82. The molecular weight excluding hydrogens is 352 g/mol. The Bertz CT molecular complexity index is 1110. The number of hydrogen-bond donors (Lipinski definition) is 0. The zero-order valence-electron chi connectivity index (χ0n) is 15.9. The highest BCUT2D eigenvalue weighted by molar-refractivity contribution is 7.12. The molecule has 2 aromatic heterocycles. The summed E-state index contributed by atoms with van der Waals surface area (Å²) in [5, 5.41) is 13.6. The molecule has 5 heteroatoms. The van der Waals surface area contributed by atoms with E-state index in [-0.39, 0.29) is 0 Å². The van der Waals surface area contributed by atoms with Crippen LogP contribution < -0.4 is 4.57 Å². The van der Waals surface area contributed by atoms with Gasteiger partial charge in [0.2, 0.25) is 0 Å². The number of hydrogen-bond acceptors (Lipinski definition) is 3. The molecule has 0 fully saturated rings. The van der Waals surface area contributed by atoms with Crippen LogP contribution >= 0.6 is 11.3 Å². The van der Waals surface area contributed by atoms with E-state index in [0.29, 0.717) is 0 Å². The summed E-state index contributed by atoms with van der Waals surface area (Å²) >= 11 is 1.64. The van der Waals surface area contributed by atoms with Crippen molar-refractivity contribution >= 4 is 33.1 Å². The van der Waals surface area contributed by atoms with Crippen molar-refractivity contribution in [2.45, 2.75) is 33.9 Å². The lowest BCUT2D eigenvalue weighted by atomic mass is 10.1. The fourth-order valence-corrected chi connectivity index (χ4v) is 4.47. The largest absolute Gasteiger partial charge is 0.408 e. The van der Waals surface area contributed by atoms with Crippen molar-refractivity contribution in [3.63, 3.8) is 0 Å². The Morgan fingerprint density at radius 2 is 1.70 bits per heavy atom. The van der Waals surface area contributed by atoms with E-state index in [1.165, 1.54) is 11.2 Å². The van der Waals surface area contributed by atoms with Gasteiger partial charge in [-0.2, -0.15) is 0 Å². The Kier molecular flexibility index (Phi) is 4.86. The van der Waals surface area contributed by atoms with Gasteiger partial charge in [-0.1, -0.05) is 48.5 Å². The summed E-state index contributed by atoms with van der Waals surface area (Å²) in [4.78, 5) is 0. The standard InChI is InChI=1S/C22H23N4S/c1-4-25-16(3)15-27-22(25)24-23-20-18-13-9-10-14-19(18)26(5-2)21(20)17-11-7-6-8-12-17/h6-15H,4-5H2,1-3H3/q+1. The minimum Gasteiger partial charge on any atom is -0.339 e. The summed E-state index contributed by atoms with van der Waals surface area (Å²) in [7, 11) is 0. The van der Waals surface area contributed by atoms with Crippen molar-refractivity contribution in [2.75, 3.05) is 0 Å². The number of azo groups is 1. The summed E-state index contributed by atoms with van der Waals surface area (Å²) < 4.78 is 4.52. The van der Waals surface area contributed by atoms with Crippen LogP contribution in [0, 0.1) is 6.92 Å². The van der Waals surface area contributed by atoms with Crippen molar-refractivity contribution in [1.82, 2.24) is 4.57 Å². The van der Waals surface area contributed by atoms with Crippen LogP contribution in [0.3, 0.4) is 0 Å². The zero-order valence-corrected chi connectivity index (χ0v) is 16.7. The van der Waals surface area contributed by atoms with Crippen LogP contribution in [-0.2, 0) is 13.1 Å². The number of benzene rings is 2. The van der Waals surface area contributed by atoms with E-state index in [9.17, 15) is 0 Å². The molecule has 0 amide bonds. The van der Waals surface area contributed by atoms with Gasteiger partial charge in [0.25, 0.3) is 0 Å². The predicted molar refractivity (Wildman–Crippen MR) is 112 cm³/mol. The second-order valence-electron chi connectivity index (χ2n) is 6.43. The fourth-order valence-electron chi connectivity index (χ4n) is 3.57. The highest BCUT2D eigenvalue weighted by Gasteiger charge is 2.20. The van der Waals surface area contributed by atoms with Crippen LogP contribution in [0.15, 0.2) is 70.2 Å². The Hall–Kier alpha value is -2.79. The van der Waals surface area contributed by atoms with E-state index in [1.54, 1.807) is 11.3 Å². The molecule has 136 valence electrons. The summed E-state index contributed by atoms with van der Waals surface area (Å²) in [5.74, 6) is 0. The number of aromatic nitrogens is 2. The average molecular weight is 376 g/mol. The van der Waals surface area contributed by atoms with Crippen LogP contribution in [0.5, 0.6) is 0 Å². The predicted octanol–water partition coefficient (Wildman–Crippen LogP) is 6.42. The van der Waals surface area contributed by atoms with Gasteiger partial charge in [0, 0.05) is 22.9 Å². The van der Waals surface area contributed by atoms with Gasteiger partial charge in [-0.3, -0.25) is 0 Å². The van der Waals surface area contributed by atoms with Crippen molar-refractivity contribution in [1.29, 1.82) is 0 Å². The third kappa shape index (κ3) is 3.08. The smallest absolute Gasteiger partial charge is 0.339 e. The summed E-state index contributed by atoms with van der Waals surface area (Å²) in [6.45, 7) is 8.20. The lowest BCUT2D eigenvalue weighted by Gasteiger charge is -2.08. The Labute approximate surface area is 163 Å². The van der Waals surface area contributed by atoms with Crippen LogP contribution in [0.2, 0.25) is 0 Å². The zero-order chi connectivity index (χ0) is 18.8. The molecule has 0 N–H and O–H groups in total. The van der Waals surface area contributed by atoms with E-state index in [2.05, 4.69) is 88.9 Å². The fraction of sp³-hybridized carbons (Fsp3) is 0.227. The maximum absolute atomic E-state index is 4.77. The number of aryl methyl sites for hydroxylation is 2. The van der Waals surface area contributed by atoms with E-state index in [4.69, 9.17) is 5.11 Å². The molecule has 0 saturated heterocycles. The van der Waals surface area contributed by atoms with Crippen molar-refractivity contribution in [3.05, 3.63) is 65.7 Å². The van der Waals surface area contributed by atoms with Gasteiger partial charge in [0.1, 0.15) is 11.4 Å². The van der Waals surface area contributed by atoms with Crippen LogP contribution in [0.1, 0.15) is 19.5 Å². The molecule has 0 unspecified atom stereocenters. The molecule has 4 rings (SSSR count). The lowest BCUT2D eigenvalue weighted by molar-refractivity contribution is -0.682. The molecule has 0 saturated carbocycles. The summed E-state index contributed by atoms with van der Waals surface area (Å²) in [6.07, 6.45) is 0. The first-order valence-electron chi connectivity index (χ1n) is 9.30. The molecule has 0 atom stereocenters. The minimum absolute atomic E-state index is 0.882. The number of nitrogens with zero attached hydrogens (tertiary/aromatic N) is 4.